The highest BCUT2D eigenvalue weighted by molar-refractivity contribution is 7.16. The molecule has 2 fully saturated rings. The first-order valence-electron chi connectivity index (χ1n) is 15.7. The van der Waals surface area contributed by atoms with Crippen LogP contribution in [0, 0.1) is 11.7 Å². The van der Waals surface area contributed by atoms with Crippen molar-refractivity contribution >= 4 is 33.0 Å². The van der Waals surface area contributed by atoms with E-state index in [-0.39, 0.29) is 22.4 Å². The fourth-order valence-electron chi connectivity index (χ4n) is 6.52. The molecule has 0 spiro atoms. The number of piperazine rings is 1. The van der Waals surface area contributed by atoms with Crippen molar-refractivity contribution in [2.75, 3.05) is 57.3 Å². The number of benzene rings is 3. The van der Waals surface area contributed by atoms with Crippen molar-refractivity contribution in [3.8, 4) is 0 Å². The minimum Gasteiger partial charge on any atom is -0.369 e. The molecule has 6 nitrogen and oxygen atoms in total. The molecule has 2 aliphatic rings. The molecule has 226 valence electrons. The first-order chi connectivity index (χ1) is 21.0. The van der Waals surface area contributed by atoms with Crippen molar-refractivity contribution in [2.24, 2.45) is 5.92 Å². The molecule has 0 radical (unpaired) electrons. The summed E-state index contributed by atoms with van der Waals surface area (Å²) in [5, 5.41) is 0. The van der Waals surface area contributed by atoms with Crippen molar-refractivity contribution in [3.63, 3.8) is 0 Å². The van der Waals surface area contributed by atoms with Crippen LogP contribution in [0.15, 0.2) is 77.6 Å². The van der Waals surface area contributed by atoms with Crippen LogP contribution >= 0.6 is 11.3 Å². The summed E-state index contributed by atoms with van der Waals surface area (Å²) >= 11 is 1.35. The summed E-state index contributed by atoms with van der Waals surface area (Å²) in [5.74, 6) is -0.231. The number of piperidine rings is 1. The number of anilines is 1. The van der Waals surface area contributed by atoms with Crippen LogP contribution in [0.2, 0.25) is 0 Å². The lowest BCUT2D eigenvalue weighted by Gasteiger charge is -2.36. The number of aromatic nitrogens is 1. The minimum absolute atomic E-state index is 0.0188. The number of carbonyl (C=O) groups is 1. The number of aryl methyl sites for hydroxylation is 1. The molecule has 3 aromatic carbocycles. The molecule has 0 unspecified atom stereocenters. The maximum absolute atomic E-state index is 13.2. The molecular formula is C35H41FN4O2S. The van der Waals surface area contributed by atoms with Crippen molar-refractivity contribution in [3.05, 3.63) is 99.4 Å². The van der Waals surface area contributed by atoms with E-state index in [0.717, 1.165) is 88.3 Å². The molecule has 2 saturated heterocycles. The van der Waals surface area contributed by atoms with Crippen molar-refractivity contribution in [2.45, 2.75) is 38.6 Å². The Balaban J connectivity index is 0.934. The van der Waals surface area contributed by atoms with Crippen LogP contribution in [0.4, 0.5) is 10.1 Å². The van der Waals surface area contributed by atoms with E-state index < -0.39 is 0 Å². The van der Waals surface area contributed by atoms with E-state index in [2.05, 4.69) is 63.2 Å². The number of unbranched alkanes of at least 4 members (excludes halogenated alkanes) is 1. The maximum Gasteiger partial charge on any atom is 0.308 e. The first-order valence-corrected chi connectivity index (χ1v) is 16.5. The second kappa shape index (κ2) is 14.0. The fraction of sp³-hybridized carbons (Fsp3) is 0.429. The zero-order valence-electron chi connectivity index (χ0n) is 24.8. The van der Waals surface area contributed by atoms with Gasteiger partial charge in [0.05, 0.1) is 10.2 Å². The number of nitrogens with zero attached hydrogens (tertiary/aromatic N) is 4. The van der Waals surface area contributed by atoms with E-state index in [9.17, 15) is 14.0 Å². The molecule has 3 heterocycles. The number of hydrogen-bond acceptors (Lipinski definition) is 6. The molecule has 2 aliphatic heterocycles. The van der Waals surface area contributed by atoms with E-state index >= 15 is 0 Å². The number of thiazole rings is 1. The molecule has 0 aliphatic carbocycles. The highest BCUT2D eigenvalue weighted by Crippen LogP contribution is 2.24. The van der Waals surface area contributed by atoms with Gasteiger partial charge in [0.15, 0.2) is 5.78 Å². The van der Waals surface area contributed by atoms with Gasteiger partial charge in [0.2, 0.25) is 0 Å². The fourth-order valence-corrected chi connectivity index (χ4v) is 7.50. The summed E-state index contributed by atoms with van der Waals surface area (Å²) in [6.45, 7) is 8.69. The summed E-state index contributed by atoms with van der Waals surface area (Å²) in [6, 6.07) is 23.1. The van der Waals surface area contributed by atoms with Gasteiger partial charge in [-0.1, -0.05) is 35.6 Å². The Labute approximate surface area is 257 Å². The number of hydrogen-bond donors (Lipinski definition) is 0. The van der Waals surface area contributed by atoms with E-state index in [1.165, 1.54) is 41.1 Å². The Kier molecular flexibility index (Phi) is 9.66. The van der Waals surface area contributed by atoms with E-state index in [1.807, 2.05) is 4.57 Å². The molecule has 6 rings (SSSR count). The molecular weight excluding hydrogens is 559 g/mol. The van der Waals surface area contributed by atoms with Crippen LogP contribution in [0.3, 0.4) is 0 Å². The molecule has 0 amide bonds. The third-order valence-corrected chi connectivity index (χ3v) is 10.1. The normalized spacial score (nSPS) is 17.1. The average molecular weight is 601 g/mol. The predicted molar refractivity (Wildman–Crippen MR) is 174 cm³/mol. The topological polar surface area (TPSA) is 48.8 Å². The standard InChI is InChI=1S/C35H41FN4O2S/c36-30-12-10-28(11-13-30)34(41)29-15-18-38(19-16-29)22-25-40-32-14-9-27(26-33(32)43-35(40)42)6-4-5-17-37-20-23-39(24-21-37)31-7-2-1-3-8-31/h1-3,7-14,26,29H,4-6,15-25H2. The number of Topliss-reactive ketones (excluding diaryl/α,β-unsaturated/α-hetero) is 1. The van der Waals surface area contributed by atoms with Gasteiger partial charge in [-0.2, -0.15) is 0 Å². The van der Waals surface area contributed by atoms with Gasteiger partial charge in [0.1, 0.15) is 5.82 Å². The lowest BCUT2D eigenvalue weighted by atomic mass is 9.89. The third-order valence-electron chi connectivity index (χ3n) is 9.14. The predicted octanol–water partition coefficient (Wildman–Crippen LogP) is 5.94. The summed E-state index contributed by atoms with van der Waals surface area (Å²) < 4.78 is 16.2. The zero-order valence-corrected chi connectivity index (χ0v) is 25.6. The summed E-state index contributed by atoms with van der Waals surface area (Å²) in [5.41, 5.74) is 4.25. The summed E-state index contributed by atoms with van der Waals surface area (Å²) in [6.07, 6.45) is 4.97. The summed E-state index contributed by atoms with van der Waals surface area (Å²) in [4.78, 5) is 33.2. The molecule has 0 atom stereocenters. The van der Waals surface area contributed by atoms with Gasteiger partial charge in [-0.25, -0.2) is 4.39 Å². The third kappa shape index (κ3) is 7.43. The van der Waals surface area contributed by atoms with E-state index in [1.54, 1.807) is 12.1 Å². The van der Waals surface area contributed by atoms with Crippen molar-refractivity contribution < 1.29 is 9.18 Å². The van der Waals surface area contributed by atoms with Crippen LogP contribution in [-0.2, 0) is 13.0 Å². The maximum atomic E-state index is 13.2. The van der Waals surface area contributed by atoms with E-state index in [4.69, 9.17) is 0 Å². The summed E-state index contributed by atoms with van der Waals surface area (Å²) in [7, 11) is 0. The van der Waals surface area contributed by atoms with Gasteiger partial charge in [-0.3, -0.25) is 19.1 Å². The largest absolute Gasteiger partial charge is 0.369 e. The van der Waals surface area contributed by atoms with Crippen LogP contribution in [0.5, 0.6) is 0 Å². The van der Waals surface area contributed by atoms with Crippen LogP contribution in [0.1, 0.15) is 41.6 Å². The second-order valence-electron chi connectivity index (χ2n) is 11.9. The zero-order chi connectivity index (χ0) is 29.6. The molecule has 0 N–H and O–H groups in total. The molecule has 0 bridgehead atoms. The molecule has 8 heteroatoms. The lowest BCUT2D eigenvalue weighted by Crippen LogP contribution is -2.46. The van der Waals surface area contributed by atoms with Crippen molar-refractivity contribution in [1.82, 2.24) is 14.4 Å². The van der Waals surface area contributed by atoms with Gasteiger partial charge in [0, 0.05) is 56.4 Å². The second-order valence-corrected chi connectivity index (χ2v) is 12.9. The van der Waals surface area contributed by atoms with Crippen LogP contribution in [0.25, 0.3) is 10.2 Å². The highest BCUT2D eigenvalue weighted by atomic mass is 32.1. The Morgan fingerprint density at radius 1 is 0.791 bits per heavy atom. The smallest absolute Gasteiger partial charge is 0.308 e. The van der Waals surface area contributed by atoms with Gasteiger partial charge in [-0.15, -0.1) is 0 Å². The number of carbonyl (C=O) groups excluding carboxylic acids is 1. The Morgan fingerprint density at radius 3 is 2.26 bits per heavy atom. The number of halogens is 1. The number of fused-ring (bicyclic) bond motifs is 1. The SMILES string of the molecule is O=C(c1ccc(F)cc1)C1CCN(CCn2c(=O)sc3cc(CCCCN4CCN(c5ccccc5)CC4)ccc32)CC1. The average Bonchev–Trinajstić information content (AvgIpc) is 3.37. The van der Waals surface area contributed by atoms with Gasteiger partial charge < -0.3 is 9.80 Å². The monoisotopic (exact) mass is 600 g/mol. The quantitative estimate of drug-likeness (QED) is 0.158. The molecule has 1 aromatic heterocycles. The number of para-hydroxylation sites is 1. The van der Waals surface area contributed by atoms with Gasteiger partial charge >= 0.3 is 4.87 Å². The highest BCUT2D eigenvalue weighted by Gasteiger charge is 2.26. The Hall–Kier alpha value is -3.33. The van der Waals surface area contributed by atoms with Crippen LogP contribution < -0.4 is 9.77 Å². The molecule has 4 aromatic rings. The Bertz CT molecular complexity index is 1550. The lowest BCUT2D eigenvalue weighted by molar-refractivity contribution is 0.0837. The van der Waals surface area contributed by atoms with Gasteiger partial charge in [-0.05, 0) is 106 Å². The van der Waals surface area contributed by atoms with Gasteiger partial charge in [0.25, 0.3) is 0 Å². The van der Waals surface area contributed by atoms with Crippen LogP contribution in [-0.4, -0.2) is 72.5 Å². The first kappa shape index (κ1) is 29.7. The Morgan fingerprint density at radius 2 is 1.51 bits per heavy atom. The van der Waals surface area contributed by atoms with Crippen molar-refractivity contribution in [1.29, 1.82) is 0 Å². The number of ketones is 1. The minimum atomic E-state index is -0.321. The molecule has 0 saturated carbocycles. The van der Waals surface area contributed by atoms with E-state index in [0.29, 0.717) is 12.1 Å². The number of rotatable bonds is 11. The molecule has 43 heavy (non-hydrogen) atoms. The number of likely N-dealkylation sites (tertiary alicyclic amines) is 1.